The van der Waals surface area contributed by atoms with Crippen molar-refractivity contribution in [1.82, 2.24) is 9.80 Å². The average molecular weight is 320 g/mol. The molecule has 1 saturated heterocycles. The number of piperidine rings is 1. The predicted molar refractivity (Wildman–Crippen MR) is 91.2 cm³/mol. The largest absolute Gasteiger partial charge is 0.493 e. The Hall–Kier alpha value is -1.75. The van der Waals surface area contributed by atoms with Crippen LogP contribution in [-0.2, 0) is 11.2 Å². The fraction of sp³-hybridized carbons (Fsp3) is 0.611. The number of carbonyl (C=O) groups is 1. The van der Waals surface area contributed by atoms with Crippen molar-refractivity contribution in [3.8, 4) is 11.5 Å². The molecule has 23 heavy (non-hydrogen) atoms. The Morgan fingerprint density at radius 3 is 2.48 bits per heavy atom. The van der Waals surface area contributed by atoms with Gasteiger partial charge in [-0.15, -0.1) is 0 Å². The van der Waals surface area contributed by atoms with Crippen LogP contribution >= 0.6 is 0 Å². The Balaban J connectivity index is 1.85. The second-order valence-corrected chi connectivity index (χ2v) is 6.08. The molecule has 1 aliphatic rings. The summed E-state index contributed by atoms with van der Waals surface area (Å²) < 4.78 is 10.5. The topological polar surface area (TPSA) is 42.0 Å². The maximum Gasteiger partial charge on any atom is 0.226 e. The summed E-state index contributed by atoms with van der Waals surface area (Å²) in [4.78, 5) is 16.6. The number of methoxy groups -OCH3 is 2. The van der Waals surface area contributed by atoms with Crippen molar-refractivity contribution in [2.75, 3.05) is 47.4 Å². The van der Waals surface area contributed by atoms with E-state index in [0.717, 1.165) is 31.7 Å². The van der Waals surface area contributed by atoms with Gasteiger partial charge in [0.25, 0.3) is 0 Å². The van der Waals surface area contributed by atoms with Gasteiger partial charge in [-0.1, -0.05) is 12.5 Å². The summed E-state index contributed by atoms with van der Waals surface area (Å²) in [6.45, 7) is 4.08. The molecule has 5 nitrogen and oxygen atoms in total. The van der Waals surface area contributed by atoms with Gasteiger partial charge >= 0.3 is 0 Å². The van der Waals surface area contributed by atoms with E-state index in [0.29, 0.717) is 17.9 Å². The number of rotatable bonds is 7. The lowest BCUT2D eigenvalue weighted by Crippen LogP contribution is -2.39. The van der Waals surface area contributed by atoms with Gasteiger partial charge in [-0.3, -0.25) is 4.79 Å². The summed E-state index contributed by atoms with van der Waals surface area (Å²) in [5, 5.41) is 0. The van der Waals surface area contributed by atoms with Crippen molar-refractivity contribution < 1.29 is 14.3 Å². The van der Waals surface area contributed by atoms with Gasteiger partial charge in [0, 0.05) is 20.1 Å². The Morgan fingerprint density at radius 2 is 1.83 bits per heavy atom. The minimum Gasteiger partial charge on any atom is -0.493 e. The van der Waals surface area contributed by atoms with E-state index in [1.807, 2.05) is 30.1 Å². The normalized spacial score (nSPS) is 15.3. The lowest BCUT2D eigenvalue weighted by molar-refractivity contribution is -0.129. The highest BCUT2D eigenvalue weighted by atomic mass is 16.5. The van der Waals surface area contributed by atoms with E-state index in [2.05, 4.69) is 4.90 Å². The summed E-state index contributed by atoms with van der Waals surface area (Å²) in [7, 11) is 5.10. The minimum absolute atomic E-state index is 0.134. The Bertz CT molecular complexity index is 513. The van der Waals surface area contributed by atoms with Crippen LogP contribution in [-0.4, -0.2) is 63.2 Å². The van der Waals surface area contributed by atoms with Gasteiger partial charge in [-0.2, -0.15) is 0 Å². The molecule has 1 aromatic carbocycles. The van der Waals surface area contributed by atoms with Crippen LogP contribution in [0.3, 0.4) is 0 Å². The summed E-state index contributed by atoms with van der Waals surface area (Å²) in [6.07, 6.45) is 4.29. The molecule has 0 saturated carbocycles. The van der Waals surface area contributed by atoms with Crippen LogP contribution < -0.4 is 9.47 Å². The molecule has 2 rings (SSSR count). The van der Waals surface area contributed by atoms with E-state index in [-0.39, 0.29) is 5.91 Å². The highest BCUT2D eigenvalue weighted by Gasteiger charge is 2.14. The summed E-state index contributed by atoms with van der Waals surface area (Å²) in [5.74, 6) is 1.48. The van der Waals surface area contributed by atoms with Crippen molar-refractivity contribution in [2.45, 2.75) is 25.7 Å². The second kappa shape index (κ2) is 8.77. The molecular weight excluding hydrogens is 292 g/mol. The number of benzene rings is 1. The zero-order chi connectivity index (χ0) is 16.7. The zero-order valence-corrected chi connectivity index (χ0v) is 14.5. The Labute approximate surface area is 139 Å². The molecule has 0 spiro atoms. The third-order valence-electron chi connectivity index (χ3n) is 4.43. The molecule has 128 valence electrons. The van der Waals surface area contributed by atoms with Gasteiger partial charge < -0.3 is 19.3 Å². The predicted octanol–water partition coefficient (Wildman–Crippen LogP) is 2.19. The molecule has 1 amide bonds. The molecule has 0 radical (unpaired) electrons. The molecule has 0 aliphatic carbocycles. The van der Waals surface area contributed by atoms with Gasteiger partial charge in [0.1, 0.15) is 0 Å². The highest BCUT2D eigenvalue weighted by molar-refractivity contribution is 5.78. The lowest BCUT2D eigenvalue weighted by Gasteiger charge is -2.28. The van der Waals surface area contributed by atoms with Crippen molar-refractivity contribution in [3.05, 3.63) is 23.8 Å². The van der Waals surface area contributed by atoms with E-state index >= 15 is 0 Å². The first kappa shape index (κ1) is 17.6. The van der Waals surface area contributed by atoms with E-state index in [1.165, 1.54) is 19.3 Å². The number of likely N-dealkylation sites (tertiary alicyclic amines) is 1. The smallest absolute Gasteiger partial charge is 0.226 e. The highest BCUT2D eigenvalue weighted by Crippen LogP contribution is 2.27. The quantitative estimate of drug-likeness (QED) is 0.772. The van der Waals surface area contributed by atoms with Crippen molar-refractivity contribution in [2.24, 2.45) is 0 Å². The van der Waals surface area contributed by atoms with E-state index in [9.17, 15) is 4.79 Å². The number of carbonyl (C=O) groups excluding carboxylic acids is 1. The van der Waals surface area contributed by atoms with Crippen molar-refractivity contribution in [1.29, 1.82) is 0 Å². The SMILES string of the molecule is COc1ccc(CC(=O)N(C)CCN2CCCCC2)cc1OC. The molecule has 1 aromatic rings. The monoisotopic (exact) mass is 320 g/mol. The number of hydrogen-bond acceptors (Lipinski definition) is 4. The Kier molecular flexibility index (Phi) is 6.71. The molecular formula is C18H28N2O3. The number of nitrogens with zero attached hydrogens (tertiary/aromatic N) is 2. The molecule has 1 heterocycles. The minimum atomic E-state index is 0.134. The fourth-order valence-corrected chi connectivity index (χ4v) is 2.90. The van der Waals surface area contributed by atoms with Gasteiger partial charge in [0.2, 0.25) is 5.91 Å². The molecule has 5 heteroatoms. The summed E-state index contributed by atoms with van der Waals surface area (Å²) >= 11 is 0. The number of hydrogen-bond donors (Lipinski definition) is 0. The molecule has 0 N–H and O–H groups in total. The maximum atomic E-state index is 12.4. The average Bonchev–Trinajstić information content (AvgIpc) is 2.60. The zero-order valence-electron chi connectivity index (χ0n) is 14.5. The molecule has 1 aliphatic heterocycles. The van der Waals surface area contributed by atoms with Crippen LogP contribution in [0, 0.1) is 0 Å². The number of ether oxygens (including phenoxy) is 2. The molecule has 0 unspecified atom stereocenters. The third kappa shape index (κ3) is 5.13. The van der Waals surface area contributed by atoms with Crippen LogP contribution in [0.2, 0.25) is 0 Å². The standard InChI is InChI=1S/C18H28N2O3/c1-19(11-12-20-9-5-4-6-10-20)18(21)14-15-7-8-16(22-2)17(13-15)23-3/h7-8,13H,4-6,9-12,14H2,1-3H3. The van der Waals surface area contributed by atoms with Crippen LogP contribution in [0.1, 0.15) is 24.8 Å². The molecule has 0 atom stereocenters. The first-order chi connectivity index (χ1) is 11.1. The first-order valence-electron chi connectivity index (χ1n) is 8.31. The van der Waals surface area contributed by atoms with E-state index in [4.69, 9.17) is 9.47 Å². The number of amides is 1. The lowest BCUT2D eigenvalue weighted by atomic mass is 10.1. The van der Waals surface area contributed by atoms with E-state index in [1.54, 1.807) is 14.2 Å². The van der Waals surface area contributed by atoms with Crippen LogP contribution in [0.25, 0.3) is 0 Å². The first-order valence-corrected chi connectivity index (χ1v) is 8.31. The maximum absolute atomic E-state index is 12.4. The molecule has 1 fully saturated rings. The van der Waals surface area contributed by atoms with Gasteiger partial charge in [0.15, 0.2) is 11.5 Å². The van der Waals surface area contributed by atoms with Gasteiger partial charge in [-0.25, -0.2) is 0 Å². The van der Waals surface area contributed by atoms with Crippen LogP contribution in [0.4, 0.5) is 0 Å². The van der Waals surface area contributed by atoms with Crippen molar-refractivity contribution in [3.63, 3.8) is 0 Å². The Morgan fingerprint density at radius 1 is 1.13 bits per heavy atom. The summed E-state index contributed by atoms with van der Waals surface area (Å²) in [5.41, 5.74) is 0.942. The van der Waals surface area contributed by atoms with Crippen molar-refractivity contribution >= 4 is 5.91 Å². The van der Waals surface area contributed by atoms with E-state index < -0.39 is 0 Å². The van der Waals surface area contributed by atoms with Crippen LogP contribution in [0.15, 0.2) is 18.2 Å². The second-order valence-electron chi connectivity index (χ2n) is 6.08. The van der Waals surface area contributed by atoms with Gasteiger partial charge in [0.05, 0.1) is 20.6 Å². The van der Waals surface area contributed by atoms with Crippen LogP contribution in [0.5, 0.6) is 11.5 Å². The third-order valence-corrected chi connectivity index (χ3v) is 4.43. The van der Waals surface area contributed by atoms with Gasteiger partial charge in [-0.05, 0) is 43.6 Å². The summed E-state index contributed by atoms with van der Waals surface area (Å²) in [6, 6.07) is 5.63. The number of likely N-dealkylation sites (N-methyl/N-ethyl adjacent to an activating group) is 1. The molecule has 0 aromatic heterocycles. The fourth-order valence-electron chi connectivity index (χ4n) is 2.90. The molecule has 0 bridgehead atoms.